The van der Waals surface area contributed by atoms with Crippen LogP contribution >= 0.6 is 0 Å². The largest absolute Gasteiger partial charge is 0.378 e. The van der Waals surface area contributed by atoms with E-state index in [-0.39, 0.29) is 5.78 Å². The molecule has 0 amide bonds. The highest BCUT2D eigenvalue weighted by Gasteiger charge is 2.05. The van der Waals surface area contributed by atoms with Gasteiger partial charge in [-0.1, -0.05) is 66.7 Å². The molecule has 0 saturated carbocycles. The van der Waals surface area contributed by atoms with Crippen LogP contribution in [0.3, 0.4) is 0 Å². The third kappa shape index (κ3) is 4.24. The number of carbonyl (C=O) groups is 1. The molecular weight excluding hydrogens is 306 g/mol. The van der Waals surface area contributed by atoms with Gasteiger partial charge in [0.1, 0.15) is 0 Å². The van der Waals surface area contributed by atoms with E-state index in [0.29, 0.717) is 5.56 Å². The third-order valence-corrected chi connectivity index (χ3v) is 4.09. The Balaban J connectivity index is 1.81. The van der Waals surface area contributed by atoms with Gasteiger partial charge >= 0.3 is 0 Å². The highest BCUT2D eigenvalue weighted by Crippen LogP contribution is 2.23. The number of rotatable bonds is 5. The molecule has 0 unspecified atom stereocenters. The molecule has 0 aliphatic rings. The van der Waals surface area contributed by atoms with E-state index in [4.69, 9.17) is 0 Å². The molecule has 0 radical (unpaired) electrons. The van der Waals surface area contributed by atoms with E-state index in [0.717, 1.165) is 22.4 Å². The predicted octanol–water partition coefficient (Wildman–Crippen LogP) is 5.32. The van der Waals surface area contributed by atoms with Crippen LogP contribution in [-0.2, 0) is 0 Å². The Morgan fingerprint density at radius 3 is 2.20 bits per heavy atom. The van der Waals surface area contributed by atoms with Crippen LogP contribution in [0.4, 0.5) is 5.69 Å². The molecule has 0 spiro atoms. The van der Waals surface area contributed by atoms with Crippen molar-refractivity contribution in [1.29, 1.82) is 0 Å². The third-order valence-electron chi connectivity index (χ3n) is 4.09. The standard InChI is InChI=1S/C23H21NO/c1-24(2)22-14-12-19(13-15-22)20-9-6-10-21(17-20)23(25)16-11-18-7-4-3-5-8-18/h3-17H,1-2H3/b16-11+. The normalized spacial score (nSPS) is 10.8. The summed E-state index contributed by atoms with van der Waals surface area (Å²) in [6.07, 6.45) is 3.48. The average Bonchev–Trinajstić information content (AvgIpc) is 2.67. The Morgan fingerprint density at radius 1 is 0.800 bits per heavy atom. The van der Waals surface area contributed by atoms with Crippen LogP contribution in [0.1, 0.15) is 15.9 Å². The number of anilines is 1. The number of ketones is 1. The summed E-state index contributed by atoms with van der Waals surface area (Å²) in [7, 11) is 4.04. The molecule has 25 heavy (non-hydrogen) atoms. The summed E-state index contributed by atoms with van der Waals surface area (Å²) in [5.41, 5.74) is 5.02. The van der Waals surface area contributed by atoms with Crippen molar-refractivity contribution < 1.29 is 4.79 Å². The van der Waals surface area contributed by atoms with Gasteiger partial charge in [0.25, 0.3) is 0 Å². The van der Waals surface area contributed by atoms with E-state index in [2.05, 4.69) is 29.2 Å². The Hall–Kier alpha value is -3.13. The van der Waals surface area contributed by atoms with Crippen LogP contribution in [0.15, 0.2) is 84.9 Å². The molecule has 2 heteroatoms. The number of allylic oxidation sites excluding steroid dienone is 1. The van der Waals surface area contributed by atoms with Crippen molar-refractivity contribution in [2.75, 3.05) is 19.0 Å². The summed E-state index contributed by atoms with van der Waals surface area (Å²) in [4.78, 5) is 14.5. The van der Waals surface area contributed by atoms with Gasteiger partial charge in [0.15, 0.2) is 5.78 Å². The van der Waals surface area contributed by atoms with Crippen molar-refractivity contribution in [2.24, 2.45) is 0 Å². The van der Waals surface area contributed by atoms with Crippen LogP contribution in [0, 0.1) is 0 Å². The maximum atomic E-state index is 12.5. The molecule has 0 heterocycles. The average molecular weight is 327 g/mol. The van der Waals surface area contributed by atoms with Crippen LogP contribution in [0.5, 0.6) is 0 Å². The van der Waals surface area contributed by atoms with Crippen molar-refractivity contribution in [3.05, 3.63) is 96.1 Å². The van der Waals surface area contributed by atoms with Gasteiger partial charge in [-0.05, 0) is 41.0 Å². The van der Waals surface area contributed by atoms with Crippen LogP contribution in [0.2, 0.25) is 0 Å². The van der Waals surface area contributed by atoms with Crippen LogP contribution < -0.4 is 4.90 Å². The molecule has 0 aromatic heterocycles. The SMILES string of the molecule is CN(C)c1ccc(-c2cccc(C(=O)/C=C/c3ccccc3)c2)cc1. The fraction of sp³-hybridized carbons (Fsp3) is 0.0870. The van der Waals surface area contributed by atoms with Gasteiger partial charge in [-0.15, -0.1) is 0 Å². The highest BCUT2D eigenvalue weighted by molar-refractivity contribution is 6.07. The Kier molecular flexibility index (Phi) is 5.10. The first-order chi connectivity index (χ1) is 12.1. The molecule has 3 aromatic rings. The van der Waals surface area contributed by atoms with E-state index in [9.17, 15) is 4.79 Å². The van der Waals surface area contributed by atoms with E-state index >= 15 is 0 Å². The first-order valence-corrected chi connectivity index (χ1v) is 8.29. The van der Waals surface area contributed by atoms with Crippen molar-refractivity contribution in [3.63, 3.8) is 0 Å². The summed E-state index contributed by atoms with van der Waals surface area (Å²) in [5, 5.41) is 0. The predicted molar refractivity (Wildman–Crippen MR) is 106 cm³/mol. The summed E-state index contributed by atoms with van der Waals surface area (Å²) in [6, 6.07) is 25.9. The molecule has 2 nitrogen and oxygen atoms in total. The van der Waals surface area contributed by atoms with Gasteiger partial charge in [-0.3, -0.25) is 4.79 Å². The molecule has 0 atom stereocenters. The van der Waals surface area contributed by atoms with E-state index in [1.165, 1.54) is 0 Å². The number of carbonyl (C=O) groups excluding carboxylic acids is 1. The number of hydrogen-bond acceptors (Lipinski definition) is 2. The first kappa shape index (κ1) is 16.7. The van der Waals surface area contributed by atoms with Crippen molar-refractivity contribution in [2.45, 2.75) is 0 Å². The van der Waals surface area contributed by atoms with Crippen molar-refractivity contribution >= 4 is 17.5 Å². The second kappa shape index (κ2) is 7.63. The minimum atomic E-state index is 0.00983. The van der Waals surface area contributed by atoms with Gasteiger partial charge in [-0.2, -0.15) is 0 Å². The minimum Gasteiger partial charge on any atom is -0.378 e. The maximum absolute atomic E-state index is 12.5. The Morgan fingerprint density at radius 2 is 1.52 bits per heavy atom. The number of hydrogen-bond donors (Lipinski definition) is 0. The topological polar surface area (TPSA) is 20.3 Å². The van der Waals surface area contributed by atoms with E-state index < -0.39 is 0 Å². The molecule has 0 fully saturated rings. The number of benzene rings is 3. The summed E-state index contributed by atoms with van der Waals surface area (Å²) >= 11 is 0. The van der Waals surface area contributed by atoms with Gasteiger partial charge < -0.3 is 4.90 Å². The zero-order chi connectivity index (χ0) is 17.6. The van der Waals surface area contributed by atoms with Crippen LogP contribution in [-0.4, -0.2) is 19.9 Å². The van der Waals surface area contributed by atoms with Gasteiger partial charge in [-0.25, -0.2) is 0 Å². The maximum Gasteiger partial charge on any atom is 0.185 e. The zero-order valence-electron chi connectivity index (χ0n) is 14.5. The zero-order valence-corrected chi connectivity index (χ0v) is 14.5. The summed E-state index contributed by atoms with van der Waals surface area (Å²) < 4.78 is 0. The number of nitrogens with zero attached hydrogens (tertiary/aromatic N) is 1. The molecular formula is C23H21NO. The quantitative estimate of drug-likeness (QED) is 0.467. The van der Waals surface area contributed by atoms with Crippen molar-refractivity contribution in [3.8, 4) is 11.1 Å². The summed E-state index contributed by atoms with van der Waals surface area (Å²) in [5.74, 6) is 0.00983. The fourth-order valence-corrected chi connectivity index (χ4v) is 2.64. The molecule has 3 aromatic carbocycles. The molecule has 0 N–H and O–H groups in total. The van der Waals surface area contributed by atoms with Gasteiger partial charge in [0.2, 0.25) is 0 Å². The molecule has 0 aliphatic carbocycles. The monoisotopic (exact) mass is 327 g/mol. The lowest BCUT2D eigenvalue weighted by atomic mass is 10.0. The fourth-order valence-electron chi connectivity index (χ4n) is 2.64. The summed E-state index contributed by atoms with van der Waals surface area (Å²) in [6.45, 7) is 0. The van der Waals surface area contributed by atoms with Crippen LogP contribution in [0.25, 0.3) is 17.2 Å². The smallest absolute Gasteiger partial charge is 0.185 e. The Bertz CT molecular complexity index is 877. The lowest BCUT2D eigenvalue weighted by Gasteiger charge is -2.13. The lowest BCUT2D eigenvalue weighted by Crippen LogP contribution is -2.07. The molecule has 0 saturated heterocycles. The Labute approximate surface area is 149 Å². The minimum absolute atomic E-state index is 0.00983. The van der Waals surface area contributed by atoms with E-state index in [1.807, 2.05) is 74.8 Å². The lowest BCUT2D eigenvalue weighted by molar-refractivity contribution is 0.104. The molecule has 0 aliphatic heterocycles. The first-order valence-electron chi connectivity index (χ1n) is 8.29. The highest BCUT2D eigenvalue weighted by atomic mass is 16.1. The second-order valence-corrected chi connectivity index (χ2v) is 6.13. The molecule has 3 rings (SSSR count). The van der Waals surface area contributed by atoms with Crippen molar-refractivity contribution in [1.82, 2.24) is 0 Å². The molecule has 124 valence electrons. The van der Waals surface area contributed by atoms with Gasteiger partial charge in [0.05, 0.1) is 0 Å². The second-order valence-electron chi connectivity index (χ2n) is 6.13. The molecule has 0 bridgehead atoms. The van der Waals surface area contributed by atoms with E-state index in [1.54, 1.807) is 6.08 Å². The van der Waals surface area contributed by atoms with Gasteiger partial charge in [0, 0.05) is 25.3 Å².